The third kappa shape index (κ3) is 4.64. The number of carboxylic acid groups (broad SMARTS) is 1. The van der Waals surface area contributed by atoms with E-state index in [2.05, 4.69) is 4.74 Å². The van der Waals surface area contributed by atoms with Crippen LogP contribution in [0, 0.1) is 5.92 Å². The third-order valence-corrected chi connectivity index (χ3v) is 7.16. The van der Waals surface area contributed by atoms with Crippen molar-refractivity contribution in [1.82, 2.24) is 4.90 Å². The van der Waals surface area contributed by atoms with E-state index < -0.39 is 24.0 Å². The Labute approximate surface area is 205 Å². The lowest BCUT2D eigenvalue weighted by Crippen LogP contribution is -2.59. The van der Waals surface area contributed by atoms with Crippen LogP contribution in [0.4, 0.5) is 18.9 Å². The molecule has 1 heterocycles. The van der Waals surface area contributed by atoms with Crippen LogP contribution in [0.5, 0.6) is 5.75 Å². The van der Waals surface area contributed by atoms with E-state index in [0.717, 1.165) is 37.0 Å². The molecule has 0 saturated heterocycles. The van der Waals surface area contributed by atoms with E-state index in [-0.39, 0.29) is 48.4 Å². The van der Waals surface area contributed by atoms with Crippen LogP contribution in [0.2, 0.25) is 0 Å². The van der Waals surface area contributed by atoms with Gasteiger partial charge in [0.15, 0.2) is 0 Å². The van der Waals surface area contributed by atoms with Crippen molar-refractivity contribution >= 4 is 23.5 Å². The molecule has 5 rings (SSSR count). The Bertz CT molecular complexity index is 1200. The molecular weight excluding hydrogens is 477 g/mol. The quantitative estimate of drug-likeness (QED) is 0.581. The van der Waals surface area contributed by atoms with Gasteiger partial charge in [0.05, 0.1) is 12.5 Å². The molecular formula is C26H25F3N2O5. The molecule has 3 atom stereocenters. The fourth-order valence-electron chi connectivity index (χ4n) is 5.43. The van der Waals surface area contributed by atoms with Gasteiger partial charge < -0.3 is 19.6 Å². The second-order valence-electron chi connectivity index (χ2n) is 9.49. The van der Waals surface area contributed by atoms with E-state index in [1.807, 2.05) is 17.0 Å². The summed E-state index contributed by atoms with van der Waals surface area (Å²) in [6, 6.07) is 11.9. The number of fused-ring (bicyclic) bond motifs is 2. The highest BCUT2D eigenvalue weighted by Crippen LogP contribution is 2.54. The Morgan fingerprint density at radius 2 is 1.75 bits per heavy atom. The van der Waals surface area contributed by atoms with Crippen LogP contribution < -0.4 is 9.64 Å². The molecule has 190 valence electrons. The van der Waals surface area contributed by atoms with Crippen LogP contribution in [-0.2, 0) is 9.59 Å². The van der Waals surface area contributed by atoms with Crippen LogP contribution in [-0.4, -0.2) is 46.2 Å². The minimum Gasteiger partial charge on any atom is -0.481 e. The number of rotatable bonds is 7. The minimum atomic E-state index is -4.87. The summed E-state index contributed by atoms with van der Waals surface area (Å²) in [6.45, 7) is 0. The largest absolute Gasteiger partial charge is 0.573 e. The molecule has 0 spiro atoms. The van der Waals surface area contributed by atoms with Gasteiger partial charge in [-0.15, -0.1) is 13.2 Å². The van der Waals surface area contributed by atoms with Gasteiger partial charge in [0.1, 0.15) is 5.75 Å². The molecule has 2 aliphatic carbocycles. The van der Waals surface area contributed by atoms with Crippen molar-refractivity contribution in [2.24, 2.45) is 5.92 Å². The molecule has 0 radical (unpaired) electrons. The molecule has 1 N–H and O–H groups in total. The highest BCUT2D eigenvalue weighted by atomic mass is 19.4. The summed E-state index contributed by atoms with van der Waals surface area (Å²) in [5.74, 6) is -2.18. The van der Waals surface area contributed by atoms with Gasteiger partial charge in [-0.05, 0) is 55.5 Å². The average Bonchev–Trinajstić information content (AvgIpc) is 3.63. The predicted octanol–water partition coefficient (Wildman–Crippen LogP) is 4.92. The van der Waals surface area contributed by atoms with Gasteiger partial charge in [0.2, 0.25) is 5.91 Å². The van der Waals surface area contributed by atoms with Gasteiger partial charge in [0, 0.05) is 35.7 Å². The van der Waals surface area contributed by atoms with E-state index >= 15 is 0 Å². The Morgan fingerprint density at radius 3 is 2.39 bits per heavy atom. The van der Waals surface area contributed by atoms with E-state index in [9.17, 15) is 27.6 Å². The summed E-state index contributed by atoms with van der Waals surface area (Å²) < 4.78 is 42.2. The Hall–Kier alpha value is -3.56. The van der Waals surface area contributed by atoms with Crippen molar-refractivity contribution in [2.45, 2.75) is 63.0 Å². The number of carbonyl (C=O) groups excluding carboxylic acids is 2. The van der Waals surface area contributed by atoms with Crippen LogP contribution in [0.1, 0.15) is 60.5 Å². The van der Waals surface area contributed by atoms with Crippen molar-refractivity contribution in [3.63, 3.8) is 0 Å². The second-order valence-corrected chi connectivity index (χ2v) is 9.49. The van der Waals surface area contributed by atoms with Crippen molar-refractivity contribution in [3.8, 4) is 5.75 Å². The lowest BCUT2D eigenvalue weighted by atomic mass is 9.67. The number of halogens is 3. The predicted molar refractivity (Wildman–Crippen MR) is 122 cm³/mol. The molecule has 1 aliphatic heterocycles. The molecule has 0 aromatic heterocycles. The van der Waals surface area contributed by atoms with E-state index in [1.165, 1.54) is 12.1 Å². The van der Waals surface area contributed by atoms with Gasteiger partial charge >= 0.3 is 12.3 Å². The number of anilines is 1. The topological polar surface area (TPSA) is 87.2 Å². The Kier molecular flexibility index (Phi) is 6.13. The lowest BCUT2D eigenvalue weighted by molar-refractivity contribution is -0.274. The van der Waals surface area contributed by atoms with E-state index in [0.29, 0.717) is 12.1 Å². The van der Waals surface area contributed by atoms with Crippen LogP contribution in [0.3, 0.4) is 0 Å². The Morgan fingerprint density at radius 1 is 1.00 bits per heavy atom. The summed E-state index contributed by atoms with van der Waals surface area (Å²) in [6.07, 6.45) is -2.03. The highest BCUT2D eigenvalue weighted by molar-refractivity contribution is 6.07. The van der Waals surface area contributed by atoms with E-state index in [4.69, 9.17) is 5.11 Å². The maximum atomic E-state index is 13.6. The van der Waals surface area contributed by atoms with Gasteiger partial charge in [-0.3, -0.25) is 14.4 Å². The summed E-state index contributed by atoms with van der Waals surface area (Å²) in [5, 5.41) is 9.07. The fourth-order valence-corrected chi connectivity index (χ4v) is 5.43. The molecule has 2 aromatic rings. The number of hydrogen-bond donors (Lipinski definition) is 1. The second kappa shape index (κ2) is 9.15. The van der Waals surface area contributed by atoms with Crippen molar-refractivity contribution in [1.29, 1.82) is 0 Å². The zero-order valence-electron chi connectivity index (χ0n) is 19.3. The van der Waals surface area contributed by atoms with E-state index in [1.54, 1.807) is 17.0 Å². The molecule has 2 saturated carbocycles. The molecule has 3 unspecified atom stereocenters. The zero-order chi connectivity index (χ0) is 25.6. The van der Waals surface area contributed by atoms with Crippen LogP contribution in [0.25, 0.3) is 0 Å². The number of nitrogens with zero attached hydrogens (tertiary/aromatic N) is 2. The first-order chi connectivity index (χ1) is 17.1. The number of hydrogen-bond acceptors (Lipinski definition) is 4. The van der Waals surface area contributed by atoms with Crippen molar-refractivity contribution < 1.29 is 37.4 Å². The van der Waals surface area contributed by atoms with Gasteiger partial charge in [-0.25, -0.2) is 0 Å². The molecule has 36 heavy (non-hydrogen) atoms. The normalized spacial score (nSPS) is 22.6. The first-order valence-electron chi connectivity index (χ1n) is 12.0. The minimum absolute atomic E-state index is 0.0454. The number of benzene rings is 2. The summed E-state index contributed by atoms with van der Waals surface area (Å²) in [7, 11) is 0. The lowest BCUT2D eigenvalue weighted by Gasteiger charge is -2.55. The summed E-state index contributed by atoms with van der Waals surface area (Å²) in [4.78, 5) is 41.4. The number of alkyl halides is 3. The first kappa shape index (κ1) is 24.1. The van der Waals surface area contributed by atoms with Gasteiger partial charge in [-0.2, -0.15) is 0 Å². The van der Waals surface area contributed by atoms with Crippen LogP contribution in [0.15, 0.2) is 48.5 Å². The number of para-hydroxylation sites is 1. The zero-order valence-corrected chi connectivity index (χ0v) is 19.3. The number of aliphatic carboxylic acids is 1. The fraction of sp³-hybridized carbons (Fsp3) is 0.423. The molecule has 2 amide bonds. The Balaban J connectivity index is 1.49. The molecule has 2 aromatic carbocycles. The maximum absolute atomic E-state index is 13.6. The van der Waals surface area contributed by atoms with Crippen molar-refractivity contribution in [2.75, 3.05) is 4.90 Å². The monoisotopic (exact) mass is 502 g/mol. The number of carbonyl (C=O) groups is 3. The third-order valence-electron chi connectivity index (χ3n) is 7.16. The van der Waals surface area contributed by atoms with Gasteiger partial charge in [0.25, 0.3) is 5.91 Å². The molecule has 7 nitrogen and oxygen atoms in total. The smallest absolute Gasteiger partial charge is 0.481 e. The SMILES string of the molecule is O=C(O)CCC(=O)N(C1CC1)C1c2ccccc2N(C(=O)c2cccc(OC(F)(F)F)c2)C2CCC21. The summed E-state index contributed by atoms with van der Waals surface area (Å²) in [5.41, 5.74) is 1.49. The number of amides is 2. The standard InChI is InChI=1S/C26H25F3N2O5/c27-26(28,29)36-17-5-3-4-15(14-17)25(35)31-20-7-2-1-6-18(20)24(19-10-11-21(19)31)30(16-8-9-16)22(32)12-13-23(33)34/h1-7,14,16,19,21,24H,8-13H2,(H,33,34). The molecule has 0 bridgehead atoms. The maximum Gasteiger partial charge on any atom is 0.573 e. The molecule has 10 heteroatoms. The highest BCUT2D eigenvalue weighted by Gasteiger charge is 2.53. The van der Waals surface area contributed by atoms with Gasteiger partial charge in [-0.1, -0.05) is 24.3 Å². The number of ether oxygens (including phenoxy) is 1. The first-order valence-corrected chi connectivity index (χ1v) is 12.0. The average molecular weight is 502 g/mol. The molecule has 3 aliphatic rings. The van der Waals surface area contributed by atoms with Crippen molar-refractivity contribution in [3.05, 3.63) is 59.7 Å². The van der Waals surface area contributed by atoms with Crippen LogP contribution >= 0.6 is 0 Å². The molecule has 2 fully saturated rings. The summed E-state index contributed by atoms with van der Waals surface area (Å²) >= 11 is 0. The number of carboxylic acids is 1.